The van der Waals surface area contributed by atoms with E-state index in [2.05, 4.69) is 10.1 Å². The monoisotopic (exact) mass is 293 g/mol. The maximum atomic E-state index is 11.3. The molecule has 0 aromatic heterocycles. The van der Waals surface area contributed by atoms with Crippen LogP contribution in [0.1, 0.15) is 0 Å². The fourth-order valence-electron chi connectivity index (χ4n) is 2.01. The van der Waals surface area contributed by atoms with Crippen molar-refractivity contribution < 1.29 is 34.4 Å². The van der Waals surface area contributed by atoms with E-state index in [0.29, 0.717) is 5.75 Å². The number of hydrogen-bond donors (Lipinski definition) is 4. The molecule has 6 atom stereocenters. The van der Waals surface area contributed by atoms with E-state index in [4.69, 9.17) is 4.74 Å². The number of aliphatic hydroxyl groups excluding tert-OH is 3. The van der Waals surface area contributed by atoms with Gasteiger partial charge >= 0.3 is 11.9 Å². The number of carbonyl (C=O) groups excluding carboxylic acids is 2. The highest BCUT2D eigenvalue weighted by molar-refractivity contribution is 8.00. The van der Waals surface area contributed by atoms with Crippen molar-refractivity contribution >= 4 is 23.7 Å². The van der Waals surface area contributed by atoms with Crippen molar-refractivity contribution in [2.75, 3.05) is 12.9 Å². The SMILES string of the molecule is COC(=O)[C@@H]1CSC([C@H](O)[C@H]2OC(=O)[C@@H](O)[C@H]2O)N1. The van der Waals surface area contributed by atoms with Crippen molar-refractivity contribution in [1.82, 2.24) is 5.32 Å². The fourth-order valence-corrected chi connectivity index (χ4v) is 3.25. The zero-order chi connectivity index (χ0) is 14.2. The van der Waals surface area contributed by atoms with Crippen LogP contribution in [0.5, 0.6) is 0 Å². The van der Waals surface area contributed by atoms with E-state index < -0.39 is 47.8 Å². The van der Waals surface area contributed by atoms with E-state index in [9.17, 15) is 24.9 Å². The van der Waals surface area contributed by atoms with E-state index in [1.165, 1.54) is 18.9 Å². The molecule has 0 bridgehead atoms. The first-order valence-electron chi connectivity index (χ1n) is 5.66. The summed E-state index contributed by atoms with van der Waals surface area (Å²) in [5, 5.41) is 31.1. The number of thioether (sulfide) groups is 1. The van der Waals surface area contributed by atoms with E-state index in [1.807, 2.05) is 0 Å². The molecule has 19 heavy (non-hydrogen) atoms. The molecule has 0 saturated carbocycles. The van der Waals surface area contributed by atoms with Gasteiger partial charge in [-0.25, -0.2) is 4.79 Å². The Balaban J connectivity index is 1.96. The van der Waals surface area contributed by atoms with Crippen LogP contribution in [-0.2, 0) is 19.1 Å². The average Bonchev–Trinajstić information content (AvgIpc) is 2.98. The largest absolute Gasteiger partial charge is 0.468 e. The zero-order valence-corrected chi connectivity index (χ0v) is 10.9. The molecule has 0 aliphatic carbocycles. The normalized spacial score (nSPS) is 40.0. The van der Waals surface area contributed by atoms with Gasteiger partial charge in [0.25, 0.3) is 0 Å². The maximum absolute atomic E-state index is 11.3. The summed E-state index contributed by atoms with van der Waals surface area (Å²) < 4.78 is 9.30. The van der Waals surface area contributed by atoms with Crippen molar-refractivity contribution in [1.29, 1.82) is 0 Å². The Morgan fingerprint density at radius 2 is 2.26 bits per heavy atom. The number of esters is 2. The molecule has 0 aromatic rings. The van der Waals surface area contributed by atoms with Gasteiger partial charge in [-0.2, -0.15) is 0 Å². The second-order valence-electron chi connectivity index (χ2n) is 4.32. The van der Waals surface area contributed by atoms with Gasteiger partial charge in [-0.1, -0.05) is 0 Å². The molecule has 108 valence electrons. The Kier molecular flexibility index (Phi) is 4.31. The van der Waals surface area contributed by atoms with E-state index >= 15 is 0 Å². The average molecular weight is 293 g/mol. The molecule has 2 heterocycles. The molecule has 0 amide bonds. The van der Waals surface area contributed by atoms with Crippen molar-refractivity contribution in [2.24, 2.45) is 0 Å². The predicted molar refractivity (Wildman–Crippen MR) is 63.1 cm³/mol. The summed E-state index contributed by atoms with van der Waals surface area (Å²) in [5.41, 5.74) is 0. The van der Waals surface area contributed by atoms with Gasteiger partial charge in [0, 0.05) is 5.75 Å². The first kappa shape index (κ1) is 14.5. The van der Waals surface area contributed by atoms with Crippen LogP contribution in [-0.4, -0.2) is 76.0 Å². The third kappa shape index (κ3) is 2.70. The molecule has 4 N–H and O–H groups in total. The second-order valence-corrected chi connectivity index (χ2v) is 5.50. The van der Waals surface area contributed by atoms with Crippen LogP contribution >= 0.6 is 11.8 Å². The summed E-state index contributed by atoms with van der Waals surface area (Å²) in [4.78, 5) is 22.4. The minimum atomic E-state index is -1.65. The number of rotatable bonds is 3. The Morgan fingerprint density at radius 1 is 1.58 bits per heavy atom. The summed E-state index contributed by atoms with van der Waals surface area (Å²) in [6, 6.07) is -0.561. The van der Waals surface area contributed by atoms with E-state index in [1.54, 1.807) is 0 Å². The van der Waals surface area contributed by atoms with E-state index in [-0.39, 0.29) is 0 Å². The second kappa shape index (κ2) is 5.63. The van der Waals surface area contributed by atoms with Gasteiger partial charge in [-0.05, 0) is 0 Å². The molecular formula is C10H15NO7S. The lowest BCUT2D eigenvalue weighted by Gasteiger charge is -2.25. The lowest BCUT2D eigenvalue weighted by Crippen LogP contribution is -2.49. The van der Waals surface area contributed by atoms with Crippen LogP contribution in [0, 0.1) is 0 Å². The maximum Gasteiger partial charge on any atom is 0.338 e. The molecule has 0 spiro atoms. The number of aliphatic hydroxyl groups is 3. The molecule has 8 nitrogen and oxygen atoms in total. The van der Waals surface area contributed by atoms with Crippen molar-refractivity contribution in [3.8, 4) is 0 Å². The van der Waals surface area contributed by atoms with Crippen LogP contribution in [0.15, 0.2) is 0 Å². The molecular weight excluding hydrogens is 278 g/mol. The standard InChI is InChI=1S/C10H15NO7S/c1-17-9(15)3-2-19-8(11-3)6(14)7-4(12)5(13)10(16)18-7/h3-8,11-14H,2H2,1H3/t3-,4+,5-,6+,7-,8?/m0/s1. The van der Waals surface area contributed by atoms with Crippen LogP contribution in [0.25, 0.3) is 0 Å². The topological polar surface area (TPSA) is 125 Å². The molecule has 2 rings (SSSR count). The van der Waals surface area contributed by atoms with Gasteiger partial charge < -0.3 is 24.8 Å². The molecule has 2 saturated heterocycles. The Morgan fingerprint density at radius 3 is 2.79 bits per heavy atom. The molecule has 9 heteroatoms. The number of ether oxygens (including phenoxy) is 2. The lowest BCUT2D eigenvalue weighted by atomic mass is 10.1. The predicted octanol–water partition coefficient (Wildman–Crippen LogP) is -2.80. The smallest absolute Gasteiger partial charge is 0.338 e. The van der Waals surface area contributed by atoms with Crippen LogP contribution in [0.4, 0.5) is 0 Å². The van der Waals surface area contributed by atoms with Crippen LogP contribution < -0.4 is 5.32 Å². The summed E-state index contributed by atoms with van der Waals surface area (Å²) >= 11 is 1.25. The summed E-state index contributed by atoms with van der Waals surface area (Å²) in [6.45, 7) is 0. The quantitative estimate of drug-likeness (QED) is 0.408. The third-order valence-corrected chi connectivity index (χ3v) is 4.39. The molecule has 2 aliphatic rings. The third-order valence-electron chi connectivity index (χ3n) is 3.09. The molecule has 2 aliphatic heterocycles. The number of nitrogens with one attached hydrogen (secondary N) is 1. The number of hydrogen-bond acceptors (Lipinski definition) is 9. The van der Waals surface area contributed by atoms with Crippen LogP contribution in [0.2, 0.25) is 0 Å². The fraction of sp³-hybridized carbons (Fsp3) is 0.800. The molecule has 1 unspecified atom stereocenters. The van der Waals surface area contributed by atoms with Crippen molar-refractivity contribution in [3.05, 3.63) is 0 Å². The number of methoxy groups -OCH3 is 1. The number of carbonyl (C=O) groups is 2. The first-order chi connectivity index (χ1) is 8.95. The Labute approximate surface area is 113 Å². The summed E-state index contributed by atoms with van der Waals surface area (Å²) in [7, 11) is 1.26. The highest BCUT2D eigenvalue weighted by atomic mass is 32.2. The van der Waals surface area contributed by atoms with Gasteiger partial charge in [0.2, 0.25) is 0 Å². The van der Waals surface area contributed by atoms with Gasteiger partial charge in [-0.3, -0.25) is 10.1 Å². The van der Waals surface area contributed by atoms with Gasteiger partial charge in [0.1, 0.15) is 18.2 Å². The van der Waals surface area contributed by atoms with E-state index in [0.717, 1.165) is 0 Å². The Bertz CT molecular complexity index is 379. The molecule has 0 radical (unpaired) electrons. The zero-order valence-electron chi connectivity index (χ0n) is 10.1. The minimum absolute atomic E-state index is 0.397. The van der Waals surface area contributed by atoms with Crippen molar-refractivity contribution in [3.63, 3.8) is 0 Å². The molecule has 2 fully saturated rings. The first-order valence-corrected chi connectivity index (χ1v) is 6.70. The highest BCUT2D eigenvalue weighted by Crippen LogP contribution is 2.28. The number of cyclic esters (lactones) is 1. The highest BCUT2D eigenvalue weighted by Gasteiger charge is 2.49. The summed E-state index contributed by atoms with van der Waals surface area (Å²) in [6.07, 6.45) is -5.59. The minimum Gasteiger partial charge on any atom is -0.468 e. The van der Waals surface area contributed by atoms with Gasteiger partial charge in [-0.15, -0.1) is 11.8 Å². The van der Waals surface area contributed by atoms with Gasteiger partial charge in [0.05, 0.1) is 12.5 Å². The molecule has 0 aromatic carbocycles. The Hall–Kier alpha value is -0.870. The van der Waals surface area contributed by atoms with Gasteiger partial charge in [0.15, 0.2) is 12.2 Å². The lowest BCUT2D eigenvalue weighted by molar-refractivity contribution is -0.151. The summed E-state index contributed by atoms with van der Waals surface area (Å²) in [5.74, 6) is -1.02. The van der Waals surface area contributed by atoms with Crippen molar-refractivity contribution in [2.45, 2.75) is 35.8 Å². The van der Waals surface area contributed by atoms with Crippen LogP contribution in [0.3, 0.4) is 0 Å².